The van der Waals surface area contributed by atoms with Gasteiger partial charge >= 0.3 is 0 Å². The molecule has 1 atom stereocenters. The van der Waals surface area contributed by atoms with E-state index in [9.17, 15) is 4.79 Å². The van der Waals surface area contributed by atoms with Gasteiger partial charge in [-0.3, -0.25) is 9.69 Å². The maximum Gasteiger partial charge on any atom is 0.256 e. The van der Waals surface area contributed by atoms with Crippen molar-refractivity contribution >= 4 is 17.3 Å². The molecule has 0 aromatic heterocycles. The highest BCUT2D eigenvalue weighted by atomic mass is 16.2. The number of piperazine rings is 1. The zero-order valence-electron chi connectivity index (χ0n) is 12.3. The Morgan fingerprint density at radius 1 is 1.14 bits per heavy atom. The van der Waals surface area contributed by atoms with Gasteiger partial charge in [-0.25, -0.2) is 0 Å². The zero-order chi connectivity index (χ0) is 14.2. The van der Waals surface area contributed by atoms with E-state index in [4.69, 9.17) is 0 Å². The number of carbonyl (C=O) groups excluding carboxylic acids is 1. The minimum atomic E-state index is 0.176. The van der Waals surface area contributed by atoms with E-state index in [0.29, 0.717) is 6.04 Å². The summed E-state index contributed by atoms with van der Waals surface area (Å²) >= 11 is 0. The number of fused-ring (bicyclic) bond motifs is 2. The van der Waals surface area contributed by atoms with Gasteiger partial charge in [0, 0.05) is 38.8 Å². The van der Waals surface area contributed by atoms with Crippen molar-refractivity contribution in [1.29, 1.82) is 0 Å². The highest BCUT2D eigenvalue weighted by molar-refractivity contribution is 6.02. The molecule has 1 aromatic carbocycles. The van der Waals surface area contributed by atoms with Crippen molar-refractivity contribution in [2.45, 2.75) is 18.9 Å². The lowest BCUT2D eigenvalue weighted by molar-refractivity contribution is 0.0572. The van der Waals surface area contributed by atoms with Gasteiger partial charge in [0.1, 0.15) is 0 Å². The summed E-state index contributed by atoms with van der Waals surface area (Å²) in [7, 11) is 0. The standard InChI is InChI=1S/C16H22N4O/c21-16(20-10-9-19-8-2-3-12(19)11-20)13-4-1-5-14-15(13)18-7-6-17-14/h1,4-5,12,17-18H,2-3,6-11H2. The summed E-state index contributed by atoms with van der Waals surface area (Å²) in [6.07, 6.45) is 2.51. The summed E-state index contributed by atoms with van der Waals surface area (Å²) < 4.78 is 0. The van der Waals surface area contributed by atoms with Crippen LogP contribution in [0, 0.1) is 0 Å². The molecule has 5 nitrogen and oxygen atoms in total. The summed E-state index contributed by atoms with van der Waals surface area (Å²) in [5.74, 6) is 0.176. The lowest BCUT2D eigenvalue weighted by atomic mass is 10.1. The quantitative estimate of drug-likeness (QED) is 0.820. The first-order valence-electron chi connectivity index (χ1n) is 7.97. The molecular formula is C16H22N4O. The van der Waals surface area contributed by atoms with Crippen molar-refractivity contribution < 1.29 is 4.79 Å². The van der Waals surface area contributed by atoms with Crippen LogP contribution in [0.25, 0.3) is 0 Å². The summed E-state index contributed by atoms with van der Waals surface area (Å²) in [6.45, 7) is 5.75. The third kappa shape index (κ3) is 2.25. The van der Waals surface area contributed by atoms with E-state index < -0.39 is 0 Å². The molecule has 21 heavy (non-hydrogen) atoms. The number of nitrogens with zero attached hydrogens (tertiary/aromatic N) is 2. The first-order chi connectivity index (χ1) is 10.3. The highest BCUT2D eigenvalue weighted by Crippen LogP contribution is 2.30. The van der Waals surface area contributed by atoms with Crippen molar-refractivity contribution in [1.82, 2.24) is 9.80 Å². The van der Waals surface area contributed by atoms with Gasteiger partial charge in [-0.2, -0.15) is 0 Å². The summed E-state index contributed by atoms with van der Waals surface area (Å²) in [5.41, 5.74) is 2.83. The van der Waals surface area contributed by atoms with Crippen LogP contribution in [0.2, 0.25) is 0 Å². The number of nitrogens with one attached hydrogen (secondary N) is 2. The molecule has 0 bridgehead atoms. The maximum atomic E-state index is 12.9. The van der Waals surface area contributed by atoms with Gasteiger partial charge in [0.2, 0.25) is 0 Å². The Morgan fingerprint density at radius 2 is 2.05 bits per heavy atom. The van der Waals surface area contributed by atoms with Crippen LogP contribution in [0.1, 0.15) is 23.2 Å². The number of para-hydroxylation sites is 1. The lowest BCUT2D eigenvalue weighted by Gasteiger charge is -2.38. The molecule has 3 aliphatic heterocycles. The third-order valence-corrected chi connectivity index (χ3v) is 4.91. The monoisotopic (exact) mass is 286 g/mol. The highest BCUT2D eigenvalue weighted by Gasteiger charge is 2.33. The van der Waals surface area contributed by atoms with Crippen LogP contribution in [0.3, 0.4) is 0 Å². The normalized spacial score (nSPS) is 24.8. The first kappa shape index (κ1) is 13.0. The number of carbonyl (C=O) groups is 1. The van der Waals surface area contributed by atoms with E-state index in [1.54, 1.807) is 0 Å². The smallest absolute Gasteiger partial charge is 0.256 e. The Hall–Kier alpha value is -1.75. The largest absolute Gasteiger partial charge is 0.382 e. The van der Waals surface area contributed by atoms with Gasteiger partial charge < -0.3 is 15.5 Å². The number of hydrogen-bond donors (Lipinski definition) is 2. The fourth-order valence-electron chi connectivity index (χ4n) is 3.80. The molecule has 3 aliphatic rings. The van der Waals surface area contributed by atoms with Crippen molar-refractivity contribution in [2.24, 2.45) is 0 Å². The van der Waals surface area contributed by atoms with Gasteiger partial charge in [-0.15, -0.1) is 0 Å². The number of rotatable bonds is 1. The second-order valence-corrected chi connectivity index (χ2v) is 6.16. The molecule has 2 N–H and O–H groups in total. The van der Waals surface area contributed by atoms with Crippen LogP contribution >= 0.6 is 0 Å². The van der Waals surface area contributed by atoms with Crippen LogP contribution in [0.5, 0.6) is 0 Å². The lowest BCUT2D eigenvalue weighted by Crippen LogP contribution is -2.52. The van der Waals surface area contributed by atoms with E-state index in [1.165, 1.54) is 19.4 Å². The third-order valence-electron chi connectivity index (χ3n) is 4.91. The second-order valence-electron chi connectivity index (χ2n) is 6.16. The van der Waals surface area contributed by atoms with Crippen LogP contribution < -0.4 is 10.6 Å². The molecule has 0 spiro atoms. The fraction of sp³-hybridized carbons (Fsp3) is 0.562. The van der Waals surface area contributed by atoms with Gasteiger partial charge in [-0.1, -0.05) is 6.07 Å². The summed E-state index contributed by atoms with van der Waals surface area (Å²) in [5, 5.41) is 6.73. The predicted octanol–water partition coefficient (Wildman–Crippen LogP) is 1.44. The average Bonchev–Trinajstić information content (AvgIpc) is 3.01. The van der Waals surface area contributed by atoms with Gasteiger partial charge in [0.05, 0.1) is 16.9 Å². The first-order valence-corrected chi connectivity index (χ1v) is 7.97. The SMILES string of the molecule is O=C(c1cccc2c1NCCN2)N1CCN2CCCC2C1. The molecule has 112 valence electrons. The number of benzene rings is 1. The van der Waals surface area contributed by atoms with Gasteiger partial charge in [0.15, 0.2) is 0 Å². The molecule has 0 radical (unpaired) electrons. The van der Waals surface area contributed by atoms with E-state index >= 15 is 0 Å². The summed E-state index contributed by atoms with van der Waals surface area (Å²) in [4.78, 5) is 17.5. The number of amides is 1. The zero-order valence-corrected chi connectivity index (χ0v) is 12.3. The van der Waals surface area contributed by atoms with E-state index in [1.807, 2.05) is 23.1 Å². The Bertz CT molecular complexity index is 559. The Labute approximate surface area is 125 Å². The van der Waals surface area contributed by atoms with Crippen LogP contribution in [0.15, 0.2) is 18.2 Å². The fourth-order valence-corrected chi connectivity index (χ4v) is 3.80. The molecule has 4 rings (SSSR count). The second kappa shape index (κ2) is 5.22. The molecular weight excluding hydrogens is 264 g/mol. The minimum Gasteiger partial charge on any atom is -0.382 e. The van der Waals surface area contributed by atoms with Crippen LogP contribution in [-0.4, -0.2) is 61.0 Å². The molecule has 5 heteroatoms. The molecule has 1 aromatic rings. The number of hydrogen-bond acceptors (Lipinski definition) is 4. The average molecular weight is 286 g/mol. The molecule has 2 saturated heterocycles. The molecule has 1 unspecified atom stereocenters. The molecule has 1 amide bonds. The molecule has 3 heterocycles. The Kier molecular flexibility index (Phi) is 3.22. The molecule has 0 aliphatic carbocycles. The van der Waals surface area contributed by atoms with E-state index in [-0.39, 0.29) is 5.91 Å². The van der Waals surface area contributed by atoms with Crippen molar-refractivity contribution in [3.63, 3.8) is 0 Å². The van der Waals surface area contributed by atoms with Crippen molar-refractivity contribution in [3.8, 4) is 0 Å². The van der Waals surface area contributed by atoms with Crippen LogP contribution in [-0.2, 0) is 0 Å². The Balaban J connectivity index is 1.57. The Morgan fingerprint density at radius 3 is 3.00 bits per heavy atom. The number of anilines is 2. The van der Waals surface area contributed by atoms with Gasteiger partial charge in [0.25, 0.3) is 5.91 Å². The minimum absolute atomic E-state index is 0.176. The molecule has 2 fully saturated rings. The summed E-state index contributed by atoms with van der Waals surface area (Å²) in [6, 6.07) is 6.53. The van der Waals surface area contributed by atoms with Crippen molar-refractivity contribution in [3.05, 3.63) is 23.8 Å². The van der Waals surface area contributed by atoms with Crippen LogP contribution in [0.4, 0.5) is 11.4 Å². The predicted molar refractivity (Wildman–Crippen MR) is 83.9 cm³/mol. The van der Waals surface area contributed by atoms with E-state index in [0.717, 1.165) is 49.7 Å². The molecule has 0 saturated carbocycles. The van der Waals surface area contributed by atoms with Crippen molar-refractivity contribution in [2.75, 3.05) is 49.9 Å². The van der Waals surface area contributed by atoms with Gasteiger partial charge in [-0.05, 0) is 31.5 Å². The van der Waals surface area contributed by atoms with E-state index in [2.05, 4.69) is 15.5 Å². The maximum absolute atomic E-state index is 12.9. The topological polar surface area (TPSA) is 47.6 Å².